The molecule has 244 valence electrons. The van der Waals surface area contributed by atoms with Gasteiger partial charge < -0.3 is 26.6 Å². The molecule has 11 heteroatoms. The lowest BCUT2D eigenvalue weighted by Crippen LogP contribution is -2.63. The molecule has 1 unspecified atom stereocenters. The second kappa shape index (κ2) is 11.7. The number of fused-ring (bicyclic) bond motifs is 3. The molecule has 0 radical (unpaired) electrons. The standard InChI is InChI=1S/C34H48N6O5/c1-32(2,3)27(38-31(45)39-33(12-6-4-7-13-33)18-21-9-5-8-16-36-21)30(44)40-19-22-24(34(22)14-15-34)25(40)29(43)37-23(17-20-10-11-20)26(41)28(35)42/h5,8-9,16,20,22-25,27H,4,6-7,10-15,17-19H2,1-3H3,(H2,35,42)(H,37,43)(H2,38,39,45)/t22-,23?,24-,25-,27+/m0/s1. The zero-order chi connectivity index (χ0) is 32.1. The number of primary amides is 1. The number of amides is 5. The topological polar surface area (TPSA) is 164 Å². The van der Waals surface area contributed by atoms with Crippen molar-refractivity contribution in [2.75, 3.05) is 6.54 Å². The molecule has 1 spiro atoms. The average Bonchev–Trinajstić information content (AvgIpc) is 3.95. The predicted molar refractivity (Wildman–Crippen MR) is 166 cm³/mol. The number of urea groups is 1. The zero-order valence-electron chi connectivity index (χ0n) is 26.8. The van der Waals surface area contributed by atoms with Crippen molar-refractivity contribution in [3.8, 4) is 0 Å². The molecule has 1 aromatic heterocycles. The number of Topliss-reactive ketones (excluding diaryl/α,β-unsaturated/α-hetero) is 1. The van der Waals surface area contributed by atoms with E-state index in [1.54, 1.807) is 11.1 Å². The fourth-order valence-corrected chi connectivity index (χ4v) is 8.34. The highest BCUT2D eigenvalue weighted by Crippen LogP contribution is 2.78. The van der Waals surface area contributed by atoms with Gasteiger partial charge in [0.05, 0.1) is 6.04 Å². The van der Waals surface area contributed by atoms with Gasteiger partial charge in [-0.1, -0.05) is 58.9 Å². The fourth-order valence-electron chi connectivity index (χ4n) is 8.34. The number of rotatable bonds is 11. The summed E-state index contributed by atoms with van der Waals surface area (Å²) in [6.45, 7) is 6.17. The summed E-state index contributed by atoms with van der Waals surface area (Å²) in [5.41, 5.74) is 5.24. The number of aromatic nitrogens is 1. The molecule has 5 N–H and O–H groups in total. The third-order valence-electron chi connectivity index (χ3n) is 11.1. The van der Waals surface area contributed by atoms with E-state index < -0.39 is 52.7 Å². The van der Waals surface area contributed by atoms with E-state index in [0.29, 0.717) is 19.4 Å². The summed E-state index contributed by atoms with van der Waals surface area (Å²) in [5.74, 6) is -2.05. The van der Waals surface area contributed by atoms with Gasteiger partial charge in [-0.25, -0.2) is 4.79 Å². The van der Waals surface area contributed by atoms with Gasteiger partial charge in [0.2, 0.25) is 17.6 Å². The van der Waals surface area contributed by atoms with E-state index >= 15 is 0 Å². The van der Waals surface area contributed by atoms with Crippen molar-refractivity contribution < 1.29 is 24.0 Å². The molecule has 5 fully saturated rings. The number of ketones is 1. The molecule has 2 heterocycles. The maximum absolute atomic E-state index is 14.4. The van der Waals surface area contributed by atoms with Crippen LogP contribution in [0.4, 0.5) is 4.79 Å². The molecule has 45 heavy (non-hydrogen) atoms. The number of hydrogen-bond acceptors (Lipinski definition) is 6. The van der Waals surface area contributed by atoms with E-state index in [0.717, 1.165) is 63.5 Å². The molecule has 5 aliphatic rings. The Morgan fingerprint density at radius 2 is 1.73 bits per heavy atom. The quantitative estimate of drug-likeness (QED) is 0.278. The van der Waals surface area contributed by atoms with Gasteiger partial charge in [0.25, 0.3) is 5.91 Å². The normalized spacial score (nSPS) is 27.1. The van der Waals surface area contributed by atoms with Crippen LogP contribution in [-0.4, -0.2) is 69.6 Å². The van der Waals surface area contributed by atoms with Crippen LogP contribution in [0.2, 0.25) is 0 Å². The van der Waals surface area contributed by atoms with Gasteiger partial charge >= 0.3 is 6.03 Å². The summed E-state index contributed by atoms with van der Waals surface area (Å²) in [4.78, 5) is 72.5. The summed E-state index contributed by atoms with van der Waals surface area (Å²) < 4.78 is 0. The van der Waals surface area contributed by atoms with Crippen LogP contribution in [0.1, 0.15) is 90.7 Å². The summed E-state index contributed by atoms with van der Waals surface area (Å²) in [7, 11) is 0. The summed E-state index contributed by atoms with van der Waals surface area (Å²) in [6, 6.07) is 2.77. The first-order chi connectivity index (χ1) is 21.3. The second-order valence-electron chi connectivity index (χ2n) is 15.5. The van der Waals surface area contributed by atoms with Crippen molar-refractivity contribution in [2.24, 2.45) is 34.3 Å². The van der Waals surface area contributed by atoms with E-state index in [-0.39, 0.29) is 29.1 Å². The van der Waals surface area contributed by atoms with E-state index in [2.05, 4.69) is 20.9 Å². The van der Waals surface area contributed by atoms with Gasteiger partial charge in [0.15, 0.2) is 0 Å². The van der Waals surface area contributed by atoms with Gasteiger partial charge in [-0.05, 0) is 72.8 Å². The van der Waals surface area contributed by atoms with Crippen molar-refractivity contribution in [1.29, 1.82) is 0 Å². The van der Waals surface area contributed by atoms with Crippen LogP contribution in [0, 0.1) is 28.6 Å². The summed E-state index contributed by atoms with van der Waals surface area (Å²) in [5, 5.41) is 9.10. The summed E-state index contributed by atoms with van der Waals surface area (Å²) >= 11 is 0. The lowest BCUT2D eigenvalue weighted by Gasteiger charge is -2.40. The van der Waals surface area contributed by atoms with Crippen molar-refractivity contribution >= 4 is 29.5 Å². The SMILES string of the molecule is CC(C)(C)[C@H](NC(=O)NC1(Cc2ccccn2)CCCCC1)C(=O)N1C[C@H]2[C@@H]([C@H]1C(=O)NC(CC1CC1)C(=O)C(N)=O)C21CC1. The Bertz CT molecular complexity index is 1340. The monoisotopic (exact) mass is 620 g/mol. The number of carbonyl (C=O) groups is 5. The molecule has 5 atom stereocenters. The minimum atomic E-state index is -1.06. The van der Waals surface area contributed by atoms with Gasteiger partial charge in [-0.3, -0.25) is 24.2 Å². The number of piperidine rings is 1. The number of nitrogens with one attached hydrogen (secondary N) is 3. The third-order valence-corrected chi connectivity index (χ3v) is 11.1. The van der Waals surface area contributed by atoms with Gasteiger partial charge in [0.1, 0.15) is 12.1 Å². The Balaban J connectivity index is 1.19. The maximum atomic E-state index is 14.4. The van der Waals surface area contributed by atoms with Crippen molar-refractivity contribution in [2.45, 2.75) is 115 Å². The van der Waals surface area contributed by atoms with Crippen molar-refractivity contribution in [3.05, 3.63) is 30.1 Å². The van der Waals surface area contributed by atoms with Gasteiger partial charge in [-0.15, -0.1) is 0 Å². The Labute approximate surface area is 265 Å². The van der Waals surface area contributed by atoms with Crippen LogP contribution in [0.25, 0.3) is 0 Å². The number of likely N-dealkylation sites (tertiary alicyclic amines) is 1. The van der Waals surface area contributed by atoms with Crippen LogP contribution in [0.15, 0.2) is 24.4 Å². The highest BCUT2D eigenvalue weighted by atomic mass is 16.2. The van der Waals surface area contributed by atoms with E-state index in [1.165, 1.54) is 0 Å². The van der Waals surface area contributed by atoms with Crippen LogP contribution in [0.5, 0.6) is 0 Å². The van der Waals surface area contributed by atoms with Gasteiger partial charge in [-0.2, -0.15) is 0 Å². The fraction of sp³-hybridized carbons (Fsp3) is 0.706. The first-order valence-corrected chi connectivity index (χ1v) is 16.8. The predicted octanol–water partition coefficient (Wildman–Crippen LogP) is 2.62. The second-order valence-corrected chi connectivity index (χ2v) is 15.5. The van der Waals surface area contributed by atoms with Crippen LogP contribution >= 0.6 is 0 Å². The number of nitrogens with two attached hydrogens (primary N) is 1. The molecule has 5 amide bonds. The highest BCUT2D eigenvalue weighted by Gasteiger charge is 2.79. The lowest BCUT2D eigenvalue weighted by molar-refractivity contribution is -0.144. The summed E-state index contributed by atoms with van der Waals surface area (Å²) in [6.07, 6.45) is 11.5. The van der Waals surface area contributed by atoms with E-state index in [9.17, 15) is 24.0 Å². The Kier molecular flexibility index (Phi) is 8.18. The number of carbonyl (C=O) groups excluding carboxylic acids is 5. The molecule has 1 saturated heterocycles. The minimum absolute atomic E-state index is 0.0185. The number of nitrogens with zero attached hydrogens (tertiary/aromatic N) is 2. The Morgan fingerprint density at radius 3 is 2.31 bits per heavy atom. The highest BCUT2D eigenvalue weighted by molar-refractivity contribution is 6.37. The number of hydrogen-bond donors (Lipinski definition) is 4. The lowest BCUT2D eigenvalue weighted by atomic mass is 9.78. The smallest absolute Gasteiger partial charge is 0.315 e. The number of pyridine rings is 1. The first-order valence-electron chi connectivity index (χ1n) is 16.8. The largest absolute Gasteiger partial charge is 0.363 e. The van der Waals surface area contributed by atoms with Crippen molar-refractivity contribution in [1.82, 2.24) is 25.8 Å². The van der Waals surface area contributed by atoms with Crippen LogP contribution < -0.4 is 21.7 Å². The third kappa shape index (κ3) is 6.45. The Hall–Kier alpha value is -3.50. The van der Waals surface area contributed by atoms with Crippen LogP contribution in [0.3, 0.4) is 0 Å². The molecule has 1 aliphatic heterocycles. The van der Waals surface area contributed by atoms with Gasteiger partial charge in [0, 0.05) is 30.4 Å². The molecule has 11 nitrogen and oxygen atoms in total. The molecule has 0 aromatic carbocycles. The minimum Gasteiger partial charge on any atom is -0.363 e. The molecule has 0 bridgehead atoms. The van der Waals surface area contributed by atoms with Crippen molar-refractivity contribution in [3.63, 3.8) is 0 Å². The van der Waals surface area contributed by atoms with E-state index in [4.69, 9.17) is 5.73 Å². The maximum Gasteiger partial charge on any atom is 0.315 e. The van der Waals surface area contributed by atoms with E-state index in [1.807, 2.05) is 39.0 Å². The average molecular weight is 621 g/mol. The molecule has 1 aromatic rings. The molecular weight excluding hydrogens is 572 g/mol. The molecular formula is C34H48N6O5. The Morgan fingerprint density at radius 1 is 1.02 bits per heavy atom. The van der Waals surface area contributed by atoms with Crippen LogP contribution in [-0.2, 0) is 25.6 Å². The first kappa shape index (κ1) is 31.5. The molecule has 4 saturated carbocycles. The zero-order valence-corrected chi connectivity index (χ0v) is 26.8. The molecule has 4 aliphatic carbocycles. The molecule has 6 rings (SSSR count).